The highest BCUT2D eigenvalue weighted by Gasteiger charge is 2.11. The molecular formula is C14H12N2O5S. The Morgan fingerprint density at radius 3 is 2.77 bits per heavy atom. The molecule has 0 radical (unpaired) electrons. The van der Waals surface area contributed by atoms with E-state index in [1.165, 1.54) is 35.6 Å². The van der Waals surface area contributed by atoms with Crippen LogP contribution in [0.1, 0.15) is 4.88 Å². The van der Waals surface area contributed by atoms with E-state index in [1.54, 1.807) is 6.07 Å². The zero-order valence-electron chi connectivity index (χ0n) is 11.4. The second kappa shape index (κ2) is 7.32. The molecular weight excluding hydrogens is 308 g/mol. The largest absolute Gasteiger partial charge is 0.455 e. The van der Waals surface area contributed by atoms with Crippen LogP contribution < -0.4 is 5.32 Å². The van der Waals surface area contributed by atoms with Crippen LogP contribution in [-0.4, -0.2) is 23.4 Å². The Morgan fingerprint density at radius 1 is 1.27 bits per heavy atom. The number of benzene rings is 1. The van der Waals surface area contributed by atoms with E-state index in [4.69, 9.17) is 4.74 Å². The van der Waals surface area contributed by atoms with Gasteiger partial charge in [-0.15, -0.1) is 11.3 Å². The van der Waals surface area contributed by atoms with E-state index in [1.807, 2.05) is 11.4 Å². The van der Waals surface area contributed by atoms with Gasteiger partial charge in [0.1, 0.15) is 0 Å². The summed E-state index contributed by atoms with van der Waals surface area (Å²) in [5.74, 6) is -1.06. The second-order valence-electron chi connectivity index (χ2n) is 4.27. The lowest BCUT2D eigenvalue weighted by atomic mass is 10.3. The maximum absolute atomic E-state index is 11.6. The number of carbonyl (C=O) groups is 2. The molecule has 8 heteroatoms. The molecule has 0 saturated carbocycles. The van der Waals surface area contributed by atoms with Gasteiger partial charge in [-0.2, -0.15) is 0 Å². The fraction of sp³-hybridized carbons (Fsp3) is 0.143. The summed E-state index contributed by atoms with van der Waals surface area (Å²) in [4.78, 5) is 34.1. The molecule has 0 unspecified atom stereocenters. The van der Waals surface area contributed by atoms with Crippen LogP contribution in [0.15, 0.2) is 41.8 Å². The summed E-state index contributed by atoms with van der Waals surface area (Å²) in [5, 5.41) is 14.9. The number of hydrogen-bond donors (Lipinski definition) is 1. The van der Waals surface area contributed by atoms with Crippen LogP contribution in [0, 0.1) is 10.1 Å². The highest BCUT2D eigenvalue weighted by molar-refractivity contribution is 7.10. The zero-order valence-corrected chi connectivity index (χ0v) is 12.2. The van der Waals surface area contributed by atoms with Gasteiger partial charge < -0.3 is 10.1 Å². The number of nitro groups is 1. The van der Waals surface area contributed by atoms with Crippen molar-refractivity contribution in [1.29, 1.82) is 0 Å². The summed E-state index contributed by atoms with van der Waals surface area (Å²) >= 11 is 1.43. The van der Waals surface area contributed by atoms with Gasteiger partial charge in [0.25, 0.3) is 11.6 Å². The predicted octanol–water partition coefficient (Wildman–Crippen LogP) is 2.38. The second-order valence-corrected chi connectivity index (χ2v) is 5.30. The molecule has 22 heavy (non-hydrogen) atoms. The molecule has 0 bridgehead atoms. The number of nitrogens with one attached hydrogen (secondary N) is 1. The summed E-state index contributed by atoms with van der Waals surface area (Å²) in [6.07, 6.45) is 0.113. The summed E-state index contributed by atoms with van der Waals surface area (Å²) in [7, 11) is 0. The van der Waals surface area contributed by atoms with Crippen molar-refractivity contribution in [3.8, 4) is 0 Å². The number of rotatable bonds is 6. The highest BCUT2D eigenvalue weighted by Crippen LogP contribution is 2.16. The van der Waals surface area contributed by atoms with Gasteiger partial charge in [0.2, 0.25) is 0 Å². The smallest absolute Gasteiger partial charge is 0.311 e. The van der Waals surface area contributed by atoms with Crippen molar-refractivity contribution in [2.24, 2.45) is 0 Å². The van der Waals surface area contributed by atoms with E-state index in [0.717, 1.165) is 4.88 Å². The van der Waals surface area contributed by atoms with E-state index < -0.39 is 23.4 Å². The molecule has 1 aromatic carbocycles. The zero-order chi connectivity index (χ0) is 15.9. The molecule has 0 saturated heterocycles. The fourth-order valence-electron chi connectivity index (χ4n) is 1.65. The van der Waals surface area contributed by atoms with Gasteiger partial charge in [-0.25, -0.2) is 0 Å². The van der Waals surface area contributed by atoms with Crippen molar-refractivity contribution in [1.82, 2.24) is 0 Å². The van der Waals surface area contributed by atoms with Crippen LogP contribution in [0.25, 0.3) is 0 Å². The van der Waals surface area contributed by atoms with E-state index in [9.17, 15) is 19.7 Å². The van der Waals surface area contributed by atoms with Crippen molar-refractivity contribution in [2.45, 2.75) is 6.42 Å². The Balaban J connectivity index is 1.81. The number of amides is 1. The molecule has 1 N–H and O–H groups in total. The number of thiophene rings is 1. The lowest BCUT2D eigenvalue weighted by Gasteiger charge is -2.06. The van der Waals surface area contributed by atoms with E-state index in [-0.39, 0.29) is 17.8 Å². The Kier molecular flexibility index (Phi) is 5.21. The molecule has 0 aliphatic heterocycles. The third kappa shape index (κ3) is 4.67. The fourth-order valence-corrected chi connectivity index (χ4v) is 2.34. The first-order chi connectivity index (χ1) is 10.5. The van der Waals surface area contributed by atoms with Crippen LogP contribution in [0.3, 0.4) is 0 Å². The molecule has 0 atom stereocenters. The minimum Gasteiger partial charge on any atom is -0.455 e. The molecule has 114 valence electrons. The molecule has 0 fully saturated rings. The maximum Gasteiger partial charge on any atom is 0.311 e. The number of esters is 1. The number of nitrogens with zero attached hydrogens (tertiary/aromatic N) is 1. The molecule has 1 heterocycles. The standard InChI is InChI=1S/C14H12N2O5S/c17-13(9-21-14(18)8-12-5-2-6-22-12)15-10-3-1-4-11(7-10)16(19)20/h1-7H,8-9H2,(H,15,17). The van der Waals surface area contributed by atoms with Gasteiger partial charge in [0.05, 0.1) is 11.3 Å². The monoisotopic (exact) mass is 320 g/mol. The summed E-state index contributed by atoms with van der Waals surface area (Å²) in [6, 6.07) is 9.13. The molecule has 2 rings (SSSR count). The van der Waals surface area contributed by atoms with Crippen molar-refractivity contribution >= 4 is 34.6 Å². The van der Waals surface area contributed by atoms with Gasteiger partial charge in [-0.05, 0) is 17.5 Å². The van der Waals surface area contributed by atoms with Gasteiger partial charge in [-0.3, -0.25) is 19.7 Å². The first kappa shape index (κ1) is 15.6. The number of non-ortho nitro benzene ring substituents is 1. The van der Waals surface area contributed by atoms with Crippen molar-refractivity contribution in [3.63, 3.8) is 0 Å². The molecule has 2 aromatic rings. The molecule has 1 aromatic heterocycles. The Morgan fingerprint density at radius 2 is 2.09 bits per heavy atom. The van der Waals surface area contributed by atoms with Crippen LogP contribution in [-0.2, 0) is 20.7 Å². The average molecular weight is 320 g/mol. The number of hydrogen-bond acceptors (Lipinski definition) is 6. The van der Waals surface area contributed by atoms with Gasteiger partial charge in [0, 0.05) is 22.7 Å². The van der Waals surface area contributed by atoms with Crippen molar-refractivity contribution in [3.05, 3.63) is 56.8 Å². The van der Waals surface area contributed by atoms with Gasteiger partial charge in [-0.1, -0.05) is 12.1 Å². The minimum absolute atomic E-state index is 0.113. The third-order valence-electron chi connectivity index (χ3n) is 2.60. The predicted molar refractivity (Wildman–Crippen MR) is 80.7 cm³/mol. The number of nitro benzene ring substituents is 1. The van der Waals surface area contributed by atoms with Gasteiger partial charge >= 0.3 is 5.97 Å². The van der Waals surface area contributed by atoms with Crippen molar-refractivity contribution < 1.29 is 19.2 Å². The number of anilines is 1. The lowest BCUT2D eigenvalue weighted by molar-refractivity contribution is -0.384. The van der Waals surface area contributed by atoms with Crippen molar-refractivity contribution in [2.75, 3.05) is 11.9 Å². The topological polar surface area (TPSA) is 98.5 Å². The average Bonchev–Trinajstić information content (AvgIpc) is 2.98. The van der Waals surface area contributed by atoms with Crippen LogP contribution in [0.4, 0.5) is 11.4 Å². The molecule has 0 spiro atoms. The lowest BCUT2D eigenvalue weighted by Crippen LogP contribution is -2.21. The Hall–Kier alpha value is -2.74. The third-order valence-corrected chi connectivity index (χ3v) is 3.48. The summed E-state index contributed by atoms with van der Waals surface area (Å²) in [5.41, 5.74) is 0.140. The molecule has 0 aliphatic carbocycles. The normalized spacial score (nSPS) is 10.0. The molecule has 0 aliphatic rings. The number of ether oxygens (including phenoxy) is 1. The van der Waals surface area contributed by atoms with E-state index in [0.29, 0.717) is 0 Å². The highest BCUT2D eigenvalue weighted by atomic mass is 32.1. The van der Waals surface area contributed by atoms with Gasteiger partial charge in [0.15, 0.2) is 6.61 Å². The quantitative estimate of drug-likeness (QED) is 0.500. The van der Waals surface area contributed by atoms with Crippen LogP contribution in [0.2, 0.25) is 0 Å². The molecule has 7 nitrogen and oxygen atoms in total. The van der Waals surface area contributed by atoms with E-state index in [2.05, 4.69) is 5.32 Å². The Bertz CT molecular complexity index is 684. The summed E-state index contributed by atoms with van der Waals surface area (Å²) in [6.45, 7) is -0.438. The Labute approximate surface area is 129 Å². The maximum atomic E-state index is 11.6. The van der Waals surface area contributed by atoms with E-state index >= 15 is 0 Å². The number of carbonyl (C=O) groups excluding carboxylic acids is 2. The molecule has 1 amide bonds. The van der Waals surface area contributed by atoms with Crippen LogP contribution in [0.5, 0.6) is 0 Å². The first-order valence-electron chi connectivity index (χ1n) is 6.27. The first-order valence-corrected chi connectivity index (χ1v) is 7.15. The summed E-state index contributed by atoms with van der Waals surface area (Å²) < 4.78 is 4.85. The minimum atomic E-state index is -0.559. The SMILES string of the molecule is O=C(COC(=O)Cc1cccs1)Nc1cccc([N+](=O)[O-])c1. The van der Waals surface area contributed by atoms with Crippen LogP contribution >= 0.6 is 11.3 Å².